The van der Waals surface area contributed by atoms with Gasteiger partial charge in [0.05, 0.1) is 5.56 Å². The maximum Gasteiger partial charge on any atom is 0.335 e. The van der Waals surface area contributed by atoms with Crippen molar-refractivity contribution in [3.05, 3.63) is 68.6 Å². The summed E-state index contributed by atoms with van der Waals surface area (Å²) in [6, 6.07) is 9.79. The first kappa shape index (κ1) is 22.8. The standard InChI is InChI=1S/C27H36N2O3/c1-18(2)15-23-5-4-13-28(23)17-25-24(21-10-11-21)16-19(3)26(30)29(25)14-12-20-6-8-22(9-7-20)27(31)32/h6-9,16,18,21,23H,4-5,10-15,17H2,1-3H3,(H,31,32)/t23-/m1/s1. The number of nitrogens with zero attached hydrogens (tertiary/aromatic N) is 2. The van der Waals surface area contributed by atoms with Gasteiger partial charge in [-0.2, -0.15) is 0 Å². The fraction of sp³-hybridized carbons (Fsp3) is 0.556. The highest BCUT2D eigenvalue weighted by atomic mass is 16.4. The average Bonchev–Trinajstić information content (AvgIpc) is 3.51. The van der Waals surface area contributed by atoms with Gasteiger partial charge >= 0.3 is 5.97 Å². The summed E-state index contributed by atoms with van der Waals surface area (Å²) in [5, 5.41) is 9.14. The Labute approximate surface area is 191 Å². The van der Waals surface area contributed by atoms with Gasteiger partial charge in [-0.25, -0.2) is 4.79 Å². The van der Waals surface area contributed by atoms with Crippen LogP contribution in [0.25, 0.3) is 0 Å². The van der Waals surface area contributed by atoms with Gasteiger partial charge in [-0.1, -0.05) is 26.0 Å². The predicted molar refractivity (Wildman–Crippen MR) is 127 cm³/mol. The second-order valence-electron chi connectivity index (χ2n) is 10.1. The summed E-state index contributed by atoms with van der Waals surface area (Å²) >= 11 is 0. The predicted octanol–water partition coefficient (Wildman–Crippen LogP) is 4.99. The Kier molecular flexibility index (Phi) is 6.85. The molecule has 1 aliphatic carbocycles. The van der Waals surface area contributed by atoms with Gasteiger partial charge in [-0.15, -0.1) is 0 Å². The molecule has 32 heavy (non-hydrogen) atoms. The molecule has 0 amide bonds. The third-order valence-electron chi connectivity index (χ3n) is 7.05. The number of benzene rings is 1. The maximum atomic E-state index is 13.2. The Morgan fingerprint density at radius 2 is 1.88 bits per heavy atom. The van der Waals surface area contributed by atoms with Crippen LogP contribution in [0.1, 0.15) is 84.6 Å². The van der Waals surface area contributed by atoms with E-state index in [9.17, 15) is 9.59 Å². The minimum Gasteiger partial charge on any atom is -0.478 e. The van der Waals surface area contributed by atoms with Crippen molar-refractivity contribution in [3.8, 4) is 0 Å². The van der Waals surface area contributed by atoms with Gasteiger partial charge < -0.3 is 9.67 Å². The van der Waals surface area contributed by atoms with E-state index in [0.29, 0.717) is 30.0 Å². The zero-order valence-electron chi connectivity index (χ0n) is 19.6. The van der Waals surface area contributed by atoms with E-state index in [4.69, 9.17) is 5.11 Å². The molecule has 2 aliphatic rings. The molecular formula is C27H36N2O3. The largest absolute Gasteiger partial charge is 0.478 e. The van der Waals surface area contributed by atoms with Crippen LogP contribution in [-0.2, 0) is 19.5 Å². The zero-order chi connectivity index (χ0) is 22.8. The number of pyridine rings is 1. The Morgan fingerprint density at radius 3 is 2.50 bits per heavy atom. The lowest BCUT2D eigenvalue weighted by Crippen LogP contribution is -2.35. The second kappa shape index (κ2) is 9.62. The van der Waals surface area contributed by atoms with E-state index in [1.807, 2.05) is 23.6 Å². The molecule has 1 aliphatic heterocycles. The minimum absolute atomic E-state index is 0.117. The van der Waals surface area contributed by atoms with Crippen LogP contribution >= 0.6 is 0 Å². The number of aryl methyl sites for hydroxylation is 2. The van der Waals surface area contributed by atoms with Crippen LogP contribution in [0.2, 0.25) is 0 Å². The maximum absolute atomic E-state index is 13.2. The molecule has 1 saturated carbocycles. The van der Waals surface area contributed by atoms with Crippen LogP contribution in [0, 0.1) is 12.8 Å². The summed E-state index contributed by atoms with van der Waals surface area (Å²) in [5.41, 5.74) is 4.88. The molecule has 0 radical (unpaired) electrons. The van der Waals surface area contributed by atoms with Crippen LogP contribution < -0.4 is 5.56 Å². The first-order chi connectivity index (χ1) is 15.3. The van der Waals surface area contributed by atoms with Crippen molar-refractivity contribution in [2.45, 2.75) is 84.3 Å². The van der Waals surface area contributed by atoms with E-state index >= 15 is 0 Å². The molecule has 0 unspecified atom stereocenters. The highest BCUT2D eigenvalue weighted by molar-refractivity contribution is 5.87. The molecule has 2 aromatic rings. The topological polar surface area (TPSA) is 62.5 Å². The van der Waals surface area contributed by atoms with Gasteiger partial charge in [0.15, 0.2) is 0 Å². The molecular weight excluding hydrogens is 400 g/mol. The Bertz CT molecular complexity index is 1020. The number of carboxylic acid groups (broad SMARTS) is 1. The van der Waals surface area contributed by atoms with Crippen molar-refractivity contribution in [3.63, 3.8) is 0 Å². The second-order valence-corrected chi connectivity index (χ2v) is 10.1. The summed E-state index contributed by atoms with van der Waals surface area (Å²) in [6.45, 7) is 9.13. The number of hydrogen-bond acceptors (Lipinski definition) is 3. The van der Waals surface area contributed by atoms with Crippen LogP contribution in [0.5, 0.6) is 0 Å². The number of carbonyl (C=O) groups is 1. The fourth-order valence-electron chi connectivity index (χ4n) is 5.19. The van der Waals surface area contributed by atoms with E-state index in [2.05, 4.69) is 24.8 Å². The van der Waals surface area contributed by atoms with Gasteiger partial charge in [0.2, 0.25) is 0 Å². The van der Waals surface area contributed by atoms with Crippen molar-refractivity contribution in [2.24, 2.45) is 5.92 Å². The molecule has 1 saturated heterocycles. The molecule has 2 fully saturated rings. The number of likely N-dealkylation sites (tertiary alicyclic amines) is 1. The molecule has 1 N–H and O–H groups in total. The summed E-state index contributed by atoms with van der Waals surface area (Å²) < 4.78 is 2.03. The Morgan fingerprint density at radius 1 is 1.16 bits per heavy atom. The first-order valence-corrected chi connectivity index (χ1v) is 12.1. The number of aromatic nitrogens is 1. The first-order valence-electron chi connectivity index (χ1n) is 12.1. The summed E-state index contributed by atoms with van der Waals surface area (Å²) in [4.78, 5) is 27.0. The fourth-order valence-corrected chi connectivity index (χ4v) is 5.19. The van der Waals surface area contributed by atoms with Crippen molar-refractivity contribution >= 4 is 5.97 Å². The van der Waals surface area contributed by atoms with E-state index in [1.165, 1.54) is 43.4 Å². The van der Waals surface area contributed by atoms with Crippen molar-refractivity contribution < 1.29 is 9.90 Å². The smallest absolute Gasteiger partial charge is 0.335 e. The normalized spacial score (nSPS) is 19.1. The van der Waals surface area contributed by atoms with E-state index < -0.39 is 5.97 Å². The lowest BCUT2D eigenvalue weighted by Gasteiger charge is -2.29. The molecule has 5 heteroatoms. The molecule has 0 bridgehead atoms. The third-order valence-corrected chi connectivity index (χ3v) is 7.05. The average molecular weight is 437 g/mol. The lowest BCUT2D eigenvalue weighted by molar-refractivity contribution is 0.0697. The quantitative estimate of drug-likeness (QED) is 0.602. The van der Waals surface area contributed by atoms with Gasteiger partial charge in [0.1, 0.15) is 0 Å². The highest BCUT2D eigenvalue weighted by Crippen LogP contribution is 2.42. The molecule has 5 nitrogen and oxygen atoms in total. The lowest BCUT2D eigenvalue weighted by atomic mass is 10.0. The van der Waals surface area contributed by atoms with Crippen LogP contribution in [-0.4, -0.2) is 33.1 Å². The van der Waals surface area contributed by atoms with Gasteiger partial charge in [-0.3, -0.25) is 9.69 Å². The van der Waals surface area contributed by atoms with Crippen molar-refractivity contribution in [2.75, 3.05) is 6.54 Å². The van der Waals surface area contributed by atoms with Crippen LogP contribution in [0.3, 0.4) is 0 Å². The highest BCUT2D eigenvalue weighted by Gasteiger charge is 2.32. The zero-order valence-corrected chi connectivity index (χ0v) is 19.6. The monoisotopic (exact) mass is 436 g/mol. The molecule has 4 rings (SSSR count). The Balaban J connectivity index is 1.62. The minimum atomic E-state index is -0.913. The summed E-state index contributed by atoms with van der Waals surface area (Å²) in [6.07, 6.45) is 6.86. The molecule has 1 aromatic heterocycles. The molecule has 1 atom stereocenters. The van der Waals surface area contributed by atoms with Crippen molar-refractivity contribution in [1.82, 2.24) is 9.47 Å². The third kappa shape index (κ3) is 5.15. The summed E-state index contributed by atoms with van der Waals surface area (Å²) in [7, 11) is 0. The molecule has 172 valence electrons. The van der Waals surface area contributed by atoms with E-state index in [-0.39, 0.29) is 5.56 Å². The molecule has 1 aromatic carbocycles. The van der Waals surface area contributed by atoms with E-state index in [1.54, 1.807) is 12.1 Å². The Hall–Kier alpha value is -2.40. The van der Waals surface area contributed by atoms with Crippen molar-refractivity contribution in [1.29, 1.82) is 0 Å². The van der Waals surface area contributed by atoms with Crippen LogP contribution in [0.15, 0.2) is 35.1 Å². The summed E-state index contributed by atoms with van der Waals surface area (Å²) in [5.74, 6) is 0.360. The molecule has 2 heterocycles. The van der Waals surface area contributed by atoms with Gasteiger partial charge in [-0.05, 0) is 93.2 Å². The number of rotatable bonds is 9. The molecule has 0 spiro atoms. The van der Waals surface area contributed by atoms with Gasteiger partial charge in [0.25, 0.3) is 5.56 Å². The van der Waals surface area contributed by atoms with E-state index in [0.717, 1.165) is 30.6 Å². The van der Waals surface area contributed by atoms with Gasteiger partial charge in [0, 0.05) is 30.4 Å². The SMILES string of the molecule is Cc1cc(C2CC2)c(CN2CCC[C@@H]2CC(C)C)n(CCc2ccc(C(=O)O)cc2)c1=O. The number of carboxylic acids is 1. The number of aromatic carboxylic acids is 1. The van der Waals surface area contributed by atoms with Crippen LogP contribution in [0.4, 0.5) is 0 Å². The number of hydrogen-bond donors (Lipinski definition) is 1.